The van der Waals surface area contributed by atoms with E-state index < -0.39 is 0 Å². The third-order valence-electron chi connectivity index (χ3n) is 3.62. The molecule has 1 heterocycles. The number of nitrogens with zero attached hydrogens (tertiary/aromatic N) is 1. The molecular weight excluding hydrogens is 266 g/mol. The second-order valence-corrected chi connectivity index (χ2v) is 5.87. The molecule has 0 bridgehead atoms. The maximum absolute atomic E-state index is 5.49. The van der Waals surface area contributed by atoms with Gasteiger partial charge in [0.05, 0.1) is 0 Å². The third kappa shape index (κ3) is 4.01. The lowest BCUT2D eigenvalue weighted by atomic mass is 9.81. The van der Waals surface area contributed by atoms with Crippen LogP contribution in [0.15, 0.2) is 0 Å². The minimum absolute atomic E-state index is 0.442. The Morgan fingerprint density at radius 1 is 1.31 bits per heavy atom. The summed E-state index contributed by atoms with van der Waals surface area (Å²) in [6, 6.07) is 0.652. The molecule has 0 aromatic rings. The predicted octanol–water partition coefficient (Wildman–Crippen LogP) is 3.30. The van der Waals surface area contributed by atoms with Gasteiger partial charge in [0.1, 0.15) is 0 Å². The highest BCUT2D eigenvalue weighted by Gasteiger charge is 2.33. The molecule has 1 saturated heterocycles. The first-order chi connectivity index (χ1) is 7.63. The Bertz CT molecular complexity index is 190. The topological polar surface area (TPSA) is 12.5 Å². The van der Waals surface area contributed by atoms with Crippen LogP contribution in [-0.4, -0.2) is 42.6 Å². The lowest BCUT2D eigenvalue weighted by molar-refractivity contribution is 0.00299. The van der Waals surface area contributed by atoms with Crippen molar-refractivity contribution in [3.05, 3.63) is 0 Å². The van der Waals surface area contributed by atoms with Crippen molar-refractivity contribution in [1.82, 2.24) is 4.90 Å². The number of rotatable bonds is 6. The summed E-state index contributed by atoms with van der Waals surface area (Å²) in [6.45, 7) is 11.2. The quantitative estimate of drug-likeness (QED) is 0.696. The van der Waals surface area contributed by atoms with Crippen molar-refractivity contribution in [1.29, 1.82) is 0 Å². The average Bonchev–Trinajstić information content (AvgIpc) is 2.29. The van der Waals surface area contributed by atoms with Crippen LogP contribution in [0.3, 0.4) is 0 Å². The smallest absolute Gasteiger partial charge is 0.0472 e. The Balaban J connectivity index is 2.57. The van der Waals surface area contributed by atoms with Crippen LogP contribution >= 0.6 is 15.9 Å². The first-order valence-corrected chi connectivity index (χ1v) is 7.63. The van der Waals surface area contributed by atoms with Gasteiger partial charge in [-0.2, -0.15) is 0 Å². The van der Waals surface area contributed by atoms with Crippen LogP contribution in [0.4, 0.5) is 0 Å². The van der Waals surface area contributed by atoms with E-state index in [0.29, 0.717) is 11.5 Å². The molecule has 16 heavy (non-hydrogen) atoms. The van der Waals surface area contributed by atoms with Crippen molar-refractivity contribution in [3.63, 3.8) is 0 Å². The fourth-order valence-electron chi connectivity index (χ4n) is 2.38. The first kappa shape index (κ1) is 14.5. The molecule has 0 aromatic carbocycles. The third-order valence-corrected chi connectivity index (χ3v) is 4.81. The number of alkyl halides is 1. The lowest BCUT2D eigenvalue weighted by Crippen LogP contribution is -2.45. The second kappa shape index (κ2) is 6.97. The summed E-state index contributed by atoms with van der Waals surface area (Å²) in [5, 5.41) is 1.11. The van der Waals surface area contributed by atoms with Crippen molar-refractivity contribution < 1.29 is 4.74 Å². The Morgan fingerprint density at radius 3 is 2.38 bits per heavy atom. The van der Waals surface area contributed by atoms with Crippen LogP contribution in [0.1, 0.15) is 40.0 Å². The summed E-state index contributed by atoms with van der Waals surface area (Å²) >= 11 is 3.71. The van der Waals surface area contributed by atoms with Gasteiger partial charge in [0.15, 0.2) is 0 Å². The fourth-order valence-corrected chi connectivity index (χ4v) is 3.11. The Labute approximate surface area is 109 Å². The van der Waals surface area contributed by atoms with Crippen molar-refractivity contribution in [2.45, 2.75) is 46.1 Å². The van der Waals surface area contributed by atoms with Gasteiger partial charge < -0.3 is 9.64 Å². The van der Waals surface area contributed by atoms with E-state index >= 15 is 0 Å². The van der Waals surface area contributed by atoms with E-state index in [-0.39, 0.29) is 0 Å². The lowest BCUT2D eigenvalue weighted by Gasteiger charge is -2.41. The number of hydrogen-bond acceptors (Lipinski definition) is 2. The largest absolute Gasteiger partial charge is 0.381 e. The Morgan fingerprint density at radius 2 is 1.94 bits per heavy atom. The molecule has 0 aromatic heterocycles. The van der Waals surface area contributed by atoms with E-state index in [1.807, 2.05) is 0 Å². The van der Waals surface area contributed by atoms with E-state index in [9.17, 15) is 0 Å². The monoisotopic (exact) mass is 291 g/mol. The Kier molecular flexibility index (Phi) is 6.30. The molecule has 0 unspecified atom stereocenters. The van der Waals surface area contributed by atoms with Gasteiger partial charge in [0.2, 0.25) is 0 Å². The Hall–Kier alpha value is 0.400. The number of ether oxygens (including phenoxy) is 1. The maximum Gasteiger partial charge on any atom is 0.0472 e. The zero-order valence-corrected chi connectivity index (χ0v) is 12.6. The molecule has 0 amide bonds. The van der Waals surface area contributed by atoms with E-state index in [0.717, 1.165) is 18.5 Å². The van der Waals surface area contributed by atoms with E-state index in [2.05, 4.69) is 41.6 Å². The van der Waals surface area contributed by atoms with Gasteiger partial charge in [-0.15, -0.1) is 0 Å². The summed E-state index contributed by atoms with van der Waals surface area (Å²) in [7, 11) is 0. The first-order valence-electron chi connectivity index (χ1n) is 6.51. The second-order valence-electron chi connectivity index (χ2n) is 5.31. The van der Waals surface area contributed by atoms with E-state index in [4.69, 9.17) is 4.74 Å². The summed E-state index contributed by atoms with van der Waals surface area (Å²) < 4.78 is 5.49. The molecule has 1 rings (SSSR count). The minimum Gasteiger partial charge on any atom is -0.381 e. The molecule has 0 spiro atoms. The molecule has 0 atom stereocenters. The van der Waals surface area contributed by atoms with Gasteiger partial charge >= 0.3 is 0 Å². The molecule has 2 nitrogen and oxygen atoms in total. The van der Waals surface area contributed by atoms with Gasteiger partial charge in [-0.25, -0.2) is 0 Å². The molecule has 0 aliphatic carbocycles. The molecule has 1 fully saturated rings. The van der Waals surface area contributed by atoms with Crippen molar-refractivity contribution >= 4 is 15.9 Å². The minimum atomic E-state index is 0.442. The van der Waals surface area contributed by atoms with Crippen LogP contribution in [0, 0.1) is 5.41 Å². The van der Waals surface area contributed by atoms with Crippen LogP contribution in [-0.2, 0) is 4.74 Å². The summed E-state index contributed by atoms with van der Waals surface area (Å²) in [6.07, 6.45) is 3.64. The standard InChI is InChI=1S/C13H26BrNO/c1-4-7-15(12(2)3)11-13(10-14)5-8-16-9-6-13/h12H,4-11H2,1-3H3. The van der Waals surface area contributed by atoms with Crippen molar-refractivity contribution in [2.24, 2.45) is 5.41 Å². The van der Waals surface area contributed by atoms with E-state index in [1.54, 1.807) is 0 Å². The van der Waals surface area contributed by atoms with Crippen molar-refractivity contribution in [3.8, 4) is 0 Å². The van der Waals surface area contributed by atoms with Crippen LogP contribution < -0.4 is 0 Å². The van der Waals surface area contributed by atoms with Gasteiger partial charge in [0, 0.05) is 31.1 Å². The molecule has 1 aliphatic heterocycles. The zero-order chi connectivity index (χ0) is 12.0. The molecule has 3 heteroatoms. The predicted molar refractivity (Wildman–Crippen MR) is 73.3 cm³/mol. The van der Waals surface area contributed by atoms with Gasteiger partial charge in [-0.1, -0.05) is 22.9 Å². The van der Waals surface area contributed by atoms with Gasteiger partial charge in [-0.05, 0) is 45.1 Å². The SMILES string of the molecule is CCCN(CC1(CBr)CCOCC1)C(C)C. The highest BCUT2D eigenvalue weighted by Crippen LogP contribution is 2.34. The van der Waals surface area contributed by atoms with Crippen molar-refractivity contribution in [2.75, 3.05) is 31.6 Å². The molecule has 0 radical (unpaired) electrons. The molecule has 1 aliphatic rings. The van der Waals surface area contributed by atoms with Gasteiger partial charge in [-0.3, -0.25) is 0 Å². The van der Waals surface area contributed by atoms with Crippen LogP contribution in [0.5, 0.6) is 0 Å². The highest BCUT2D eigenvalue weighted by atomic mass is 79.9. The van der Waals surface area contributed by atoms with E-state index in [1.165, 1.54) is 32.4 Å². The normalized spacial score (nSPS) is 20.6. The van der Waals surface area contributed by atoms with Crippen LogP contribution in [0.2, 0.25) is 0 Å². The molecule has 0 N–H and O–H groups in total. The summed E-state index contributed by atoms with van der Waals surface area (Å²) in [4.78, 5) is 2.62. The molecule has 0 saturated carbocycles. The summed E-state index contributed by atoms with van der Waals surface area (Å²) in [5.41, 5.74) is 0.442. The fraction of sp³-hybridized carbons (Fsp3) is 1.00. The number of hydrogen-bond donors (Lipinski definition) is 0. The highest BCUT2D eigenvalue weighted by molar-refractivity contribution is 9.09. The average molecular weight is 292 g/mol. The van der Waals surface area contributed by atoms with Gasteiger partial charge in [0.25, 0.3) is 0 Å². The summed E-state index contributed by atoms with van der Waals surface area (Å²) in [5.74, 6) is 0. The zero-order valence-electron chi connectivity index (χ0n) is 11.0. The number of halogens is 1. The van der Waals surface area contributed by atoms with Crippen LogP contribution in [0.25, 0.3) is 0 Å². The maximum atomic E-state index is 5.49. The molecular formula is C13H26BrNO. The molecule has 96 valence electrons.